The molecule has 0 saturated carbocycles. The van der Waals surface area contributed by atoms with E-state index in [1.54, 1.807) is 66.7 Å². The molecule has 0 spiro atoms. The third kappa shape index (κ3) is 9.63. The van der Waals surface area contributed by atoms with Crippen molar-refractivity contribution >= 4 is 26.2 Å². The lowest BCUT2D eigenvalue weighted by atomic mass is 10.2. The first-order valence-electron chi connectivity index (χ1n) is 7.85. The normalized spacial score (nSPS) is 10.6. The number of benzene rings is 3. The zero-order valence-corrected chi connectivity index (χ0v) is 16.5. The summed E-state index contributed by atoms with van der Waals surface area (Å²) in [4.78, 5) is 10.1. The van der Waals surface area contributed by atoms with Crippen LogP contribution in [0.15, 0.2) is 101 Å². The number of carbonyl (C=O) groups is 1. The second-order valence-electron chi connectivity index (χ2n) is 5.25. The van der Waals surface area contributed by atoms with Crippen LogP contribution in [0.2, 0.25) is 0 Å². The van der Waals surface area contributed by atoms with Crippen LogP contribution in [-0.4, -0.2) is 37.0 Å². The van der Waals surface area contributed by atoms with Crippen molar-refractivity contribution in [1.29, 1.82) is 0 Å². The SMILES string of the molecule is O=C(O)c1ccccc1.O=S(=O)(O)c1ccccc1.O=S(=O)(O)c1ccccc1. The maximum Gasteiger partial charge on any atom is 0.335 e. The Bertz CT molecular complexity index is 1030. The van der Waals surface area contributed by atoms with Crippen molar-refractivity contribution < 1.29 is 35.8 Å². The van der Waals surface area contributed by atoms with Gasteiger partial charge in [0.25, 0.3) is 20.2 Å². The molecule has 0 aliphatic rings. The van der Waals surface area contributed by atoms with Gasteiger partial charge in [-0.05, 0) is 36.4 Å². The summed E-state index contributed by atoms with van der Waals surface area (Å²) in [6.45, 7) is 0. The Hall–Kier alpha value is -3.05. The van der Waals surface area contributed by atoms with E-state index in [1.807, 2.05) is 0 Å². The standard InChI is InChI=1S/C7H6O2.2C6H6O3S/c8-7(9)6-4-2-1-3-5-6;2*7-10(8,9)6-4-2-1-3-5-6/h1-5H,(H,8,9);2*1-5H,(H,7,8,9). The van der Waals surface area contributed by atoms with Crippen LogP contribution >= 0.6 is 0 Å². The van der Waals surface area contributed by atoms with Crippen molar-refractivity contribution in [1.82, 2.24) is 0 Å². The van der Waals surface area contributed by atoms with Gasteiger partial charge in [0.2, 0.25) is 0 Å². The highest BCUT2D eigenvalue weighted by Gasteiger charge is 2.06. The van der Waals surface area contributed by atoms with Crippen LogP contribution < -0.4 is 0 Å². The summed E-state index contributed by atoms with van der Waals surface area (Å²) in [6.07, 6.45) is 0. The molecule has 0 aromatic heterocycles. The minimum absolute atomic E-state index is 0.0741. The molecule has 3 aromatic rings. The van der Waals surface area contributed by atoms with Crippen LogP contribution in [0.25, 0.3) is 0 Å². The second kappa shape index (κ2) is 11.1. The highest BCUT2D eigenvalue weighted by Crippen LogP contribution is 2.06. The van der Waals surface area contributed by atoms with Gasteiger partial charge in [0, 0.05) is 0 Å². The van der Waals surface area contributed by atoms with Gasteiger partial charge in [-0.3, -0.25) is 9.11 Å². The van der Waals surface area contributed by atoms with Crippen LogP contribution in [0, 0.1) is 0 Å². The topological polar surface area (TPSA) is 146 Å². The number of aromatic carboxylic acids is 1. The summed E-state index contributed by atoms with van der Waals surface area (Å²) in [5.74, 6) is -0.879. The molecule has 0 heterocycles. The van der Waals surface area contributed by atoms with E-state index in [2.05, 4.69) is 0 Å². The number of carboxylic acid groups (broad SMARTS) is 1. The molecule has 0 saturated heterocycles. The molecule has 154 valence electrons. The molecule has 0 aliphatic heterocycles. The van der Waals surface area contributed by atoms with Crippen molar-refractivity contribution in [3.8, 4) is 0 Å². The first-order chi connectivity index (χ1) is 13.5. The fourth-order valence-corrected chi connectivity index (χ4v) is 2.77. The van der Waals surface area contributed by atoms with Crippen LogP contribution in [0.1, 0.15) is 10.4 Å². The van der Waals surface area contributed by atoms with E-state index in [-0.39, 0.29) is 9.79 Å². The van der Waals surface area contributed by atoms with Gasteiger partial charge in [-0.25, -0.2) is 4.79 Å². The Morgan fingerprint density at radius 3 is 1.00 bits per heavy atom. The Morgan fingerprint density at radius 2 is 0.828 bits per heavy atom. The molecule has 0 atom stereocenters. The third-order valence-electron chi connectivity index (χ3n) is 3.10. The molecule has 0 unspecified atom stereocenters. The molecule has 10 heteroatoms. The molecule has 0 fully saturated rings. The molecular weight excluding hydrogens is 420 g/mol. The zero-order valence-electron chi connectivity index (χ0n) is 14.9. The molecule has 3 rings (SSSR count). The summed E-state index contributed by atoms with van der Waals surface area (Å²) in [5, 5.41) is 8.38. The average molecular weight is 438 g/mol. The van der Waals surface area contributed by atoms with E-state index in [4.69, 9.17) is 14.2 Å². The number of carboxylic acids is 1. The molecule has 8 nitrogen and oxygen atoms in total. The van der Waals surface area contributed by atoms with Crippen molar-refractivity contribution in [2.75, 3.05) is 0 Å². The second-order valence-corrected chi connectivity index (χ2v) is 8.09. The summed E-state index contributed by atoms with van der Waals surface area (Å²) in [5.41, 5.74) is 0.331. The van der Waals surface area contributed by atoms with Crippen LogP contribution in [0.5, 0.6) is 0 Å². The van der Waals surface area contributed by atoms with Gasteiger partial charge in [-0.1, -0.05) is 54.6 Å². The minimum Gasteiger partial charge on any atom is -0.478 e. The zero-order chi connectivity index (χ0) is 21.9. The quantitative estimate of drug-likeness (QED) is 0.528. The molecule has 3 aromatic carbocycles. The van der Waals surface area contributed by atoms with Crippen LogP contribution in [0.4, 0.5) is 0 Å². The molecular formula is C19H18O8S2. The highest BCUT2D eigenvalue weighted by atomic mass is 32.2. The van der Waals surface area contributed by atoms with Gasteiger partial charge >= 0.3 is 5.97 Å². The summed E-state index contributed by atoms with van der Waals surface area (Å²) in [6, 6.07) is 23.1. The largest absolute Gasteiger partial charge is 0.478 e. The summed E-state index contributed by atoms with van der Waals surface area (Å²) < 4.78 is 58.5. The van der Waals surface area contributed by atoms with Gasteiger partial charge < -0.3 is 5.11 Å². The van der Waals surface area contributed by atoms with Gasteiger partial charge in [0.15, 0.2) is 0 Å². The lowest BCUT2D eigenvalue weighted by molar-refractivity contribution is 0.0697. The van der Waals surface area contributed by atoms with E-state index in [1.165, 1.54) is 24.3 Å². The Morgan fingerprint density at radius 1 is 0.552 bits per heavy atom. The molecule has 29 heavy (non-hydrogen) atoms. The first-order valence-corrected chi connectivity index (χ1v) is 10.7. The smallest absolute Gasteiger partial charge is 0.335 e. The summed E-state index contributed by atoms with van der Waals surface area (Å²) >= 11 is 0. The maximum absolute atomic E-state index is 10.4. The summed E-state index contributed by atoms with van der Waals surface area (Å²) in [7, 11) is -8.01. The fourth-order valence-electron chi connectivity index (χ4n) is 1.77. The van der Waals surface area contributed by atoms with Gasteiger partial charge in [-0.15, -0.1) is 0 Å². The monoisotopic (exact) mass is 438 g/mol. The van der Waals surface area contributed by atoms with Crippen molar-refractivity contribution in [3.05, 3.63) is 96.6 Å². The maximum atomic E-state index is 10.4. The molecule has 0 radical (unpaired) electrons. The number of hydrogen-bond donors (Lipinski definition) is 3. The first kappa shape index (κ1) is 24.0. The van der Waals surface area contributed by atoms with Crippen LogP contribution in [-0.2, 0) is 20.2 Å². The minimum atomic E-state index is -4.00. The third-order valence-corrected chi connectivity index (χ3v) is 4.84. The predicted molar refractivity (Wildman–Crippen MR) is 106 cm³/mol. The van der Waals surface area contributed by atoms with E-state index in [9.17, 15) is 21.6 Å². The van der Waals surface area contributed by atoms with Gasteiger partial charge in [0.1, 0.15) is 0 Å². The van der Waals surface area contributed by atoms with Crippen LogP contribution in [0.3, 0.4) is 0 Å². The molecule has 3 N–H and O–H groups in total. The van der Waals surface area contributed by atoms with Crippen molar-refractivity contribution in [2.45, 2.75) is 9.79 Å². The van der Waals surface area contributed by atoms with E-state index < -0.39 is 26.2 Å². The van der Waals surface area contributed by atoms with E-state index in [0.717, 1.165) is 0 Å². The predicted octanol–water partition coefficient (Wildman–Crippen LogP) is 3.25. The van der Waals surface area contributed by atoms with E-state index in [0.29, 0.717) is 5.56 Å². The molecule has 0 amide bonds. The number of hydrogen-bond acceptors (Lipinski definition) is 5. The van der Waals surface area contributed by atoms with Gasteiger partial charge in [0.05, 0.1) is 15.4 Å². The average Bonchev–Trinajstić information content (AvgIpc) is 2.70. The molecule has 0 bridgehead atoms. The molecule has 0 aliphatic carbocycles. The lowest BCUT2D eigenvalue weighted by Crippen LogP contribution is -1.96. The Balaban J connectivity index is 0.000000218. The Kier molecular flexibility index (Phi) is 9.16. The van der Waals surface area contributed by atoms with Crippen molar-refractivity contribution in [3.63, 3.8) is 0 Å². The Labute approximate surface area is 168 Å². The highest BCUT2D eigenvalue weighted by molar-refractivity contribution is 7.86. The van der Waals surface area contributed by atoms with E-state index >= 15 is 0 Å². The van der Waals surface area contributed by atoms with Crippen molar-refractivity contribution in [2.24, 2.45) is 0 Å². The van der Waals surface area contributed by atoms with Gasteiger partial charge in [-0.2, -0.15) is 16.8 Å². The number of rotatable bonds is 3. The fraction of sp³-hybridized carbons (Fsp3) is 0. The lowest BCUT2D eigenvalue weighted by Gasteiger charge is -1.92.